The summed E-state index contributed by atoms with van der Waals surface area (Å²) in [5.41, 5.74) is 3.89. The Hall–Kier alpha value is -3.86. The highest BCUT2D eigenvalue weighted by molar-refractivity contribution is 6.31. The van der Waals surface area contributed by atoms with E-state index in [-0.39, 0.29) is 29.7 Å². The first kappa shape index (κ1) is 27.7. The van der Waals surface area contributed by atoms with Crippen molar-refractivity contribution in [2.24, 2.45) is 17.6 Å². The van der Waals surface area contributed by atoms with Crippen LogP contribution in [0.15, 0.2) is 47.2 Å². The lowest BCUT2D eigenvalue weighted by molar-refractivity contribution is -0.153. The lowest BCUT2D eigenvalue weighted by atomic mass is 9.57. The second kappa shape index (κ2) is 9.36. The molecule has 0 aliphatic heterocycles. The minimum atomic E-state index is -2.69. The summed E-state index contributed by atoms with van der Waals surface area (Å²) in [5, 5.41) is 46.3. The van der Waals surface area contributed by atoms with Gasteiger partial charge in [0, 0.05) is 41.9 Å². The first-order valence-electron chi connectivity index (χ1n) is 12.7. The number of aromatic hydroxyl groups is 1. The van der Waals surface area contributed by atoms with Crippen molar-refractivity contribution >= 4 is 40.5 Å². The Balaban J connectivity index is 1.78. The van der Waals surface area contributed by atoms with Gasteiger partial charge in [0.2, 0.25) is 5.78 Å². The molecule has 0 spiro atoms. The molecule has 1 fully saturated rings. The molecule has 3 aliphatic carbocycles. The van der Waals surface area contributed by atoms with E-state index >= 15 is 0 Å². The number of halogens is 1. The third-order valence-corrected chi connectivity index (χ3v) is 8.55. The summed E-state index contributed by atoms with van der Waals surface area (Å²) in [6, 6.07) is 7.45. The number of rotatable bonds is 4. The third-order valence-electron chi connectivity index (χ3n) is 8.31. The highest BCUT2D eigenvalue weighted by Gasteiger charge is 2.64. The Kier molecular flexibility index (Phi) is 6.48. The van der Waals surface area contributed by atoms with E-state index in [1.165, 1.54) is 4.90 Å². The average Bonchev–Trinajstić information content (AvgIpc) is 2.85. The maximum atomic E-state index is 14.1. The molecule has 0 saturated heterocycles. The number of hydrogen-bond donors (Lipinski definition) is 5. The smallest absolute Gasteiger partial charge is 0.255 e. The summed E-state index contributed by atoms with van der Waals surface area (Å²) in [5.74, 6) is -6.84. The van der Waals surface area contributed by atoms with E-state index in [1.807, 2.05) is 19.0 Å². The molecule has 10 nitrogen and oxygen atoms in total. The number of likely N-dealkylation sites (N-methyl/N-ethyl adjacent to an activating group) is 1. The summed E-state index contributed by atoms with van der Waals surface area (Å²) in [7, 11) is 6.75. The number of hydrogen-bond acceptors (Lipinski definition) is 9. The van der Waals surface area contributed by atoms with Crippen molar-refractivity contribution in [1.29, 1.82) is 0 Å². The molecule has 3 aliphatic rings. The number of aliphatic hydroxyl groups is 3. The highest BCUT2D eigenvalue weighted by Crippen LogP contribution is 2.55. The molecule has 0 unspecified atom stereocenters. The van der Waals surface area contributed by atoms with E-state index in [1.54, 1.807) is 44.4 Å². The fourth-order valence-electron chi connectivity index (χ4n) is 6.57. The van der Waals surface area contributed by atoms with Gasteiger partial charge in [-0.1, -0.05) is 23.7 Å². The largest absolute Gasteiger partial charge is 0.508 e. The van der Waals surface area contributed by atoms with E-state index in [2.05, 4.69) is 0 Å². The molecule has 0 heterocycles. The van der Waals surface area contributed by atoms with Crippen LogP contribution in [0.25, 0.3) is 16.9 Å². The standard InChI is InChI=1S/C29H30ClN3O7/c1-32(2)18-11-15(12-6-5-7-14(30)8-12)23(34)20-16(18)9-13-10-17-22(33(3)4)25(36)21(28(31)39)27(38)29(17,40)26(37)19(13)24(20)35/h5-8,11,13,17,22,34-35,38,40H,9-10H2,1-4H3,(H2,31,39)/t13-,17-,22-,29-/m0/s1. The van der Waals surface area contributed by atoms with Gasteiger partial charge < -0.3 is 31.1 Å². The number of aliphatic hydroxyl groups excluding tert-OH is 2. The lowest BCUT2D eigenvalue weighted by Gasteiger charge is -2.50. The Morgan fingerprint density at radius 3 is 2.35 bits per heavy atom. The van der Waals surface area contributed by atoms with Gasteiger partial charge in [-0.15, -0.1) is 0 Å². The van der Waals surface area contributed by atoms with Gasteiger partial charge in [-0.25, -0.2) is 0 Å². The maximum absolute atomic E-state index is 14.1. The van der Waals surface area contributed by atoms with Crippen molar-refractivity contribution in [1.82, 2.24) is 4.90 Å². The third kappa shape index (κ3) is 3.74. The summed E-state index contributed by atoms with van der Waals surface area (Å²) in [6.45, 7) is 0. The van der Waals surface area contributed by atoms with Crippen molar-refractivity contribution < 1.29 is 34.8 Å². The van der Waals surface area contributed by atoms with E-state index in [0.717, 1.165) is 0 Å². The minimum Gasteiger partial charge on any atom is -0.508 e. The number of anilines is 1. The van der Waals surface area contributed by atoms with Crippen LogP contribution in [0, 0.1) is 11.8 Å². The molecule has 210 valence electrons. The number of fused-ring (bicyclic) bond motifs is 3. The quantitative estimate of drug-likeness (QED) is 0.349. The molecule has 40 heavy (non-hydrogen) atoms. The molecular weight excluding hydrogens is 538 g/mol. The molecule has 5 rings (SSSR count). The van der Waals surface area contributed by atoms with Crippen molar-refractivity contribution in [2.45, 2.75) is 24.5 Å². The Morgan fingerprint density at radius 2 is 1.77 bits per heavy atom. The van der Waals surface area contributed by atoms with E-state index in [0.29, 0.717) is 27.4 Å². The number of carbonyl (C=O) groups excluding carboxylic acids is 3. The number of phenolic OH excluding ortho intramolecular Hbond substituents is 1. The van der Waals surface area contributed by atoms with Crippen LogP contribution in [0.4, 0.5) is 5.69 Å². The molecule has 1 amide bonds. The van der Waals surface area contributed by atoms with Gasteiger partial charge in [-0.2, -0.15) is 0 Å². The summed E-state index contributed by atoms with van der Waals surface area (Å²) in [4.78, 5) is 42.8. The summed E-state index contributed by atoms with van der Waals surface area (Å²) >= 11 is 6.19. The second-order valence-corrected chi connectivity index (χ2v) is 11.4. The van der Waals surface area contributed by atoms with Crippen molar-refractivity contribution in [3.8, 4) is 16.9 Å². The molecule has 0 bridgehead atoms. The molecule has 6 N–H and O–H groups in total. The van der Waals surface area contributed by atoms with Crippen molar-refractivity contribution in [3.05, 3.63) is 63.4 Å². The Morgan fingerprint density at radius 1 is 1.10 bits per heavy atom. The fraction of sp³-hybridized carbons (Fsp3) is 0.345. The topological polar surface area (TPSA) is 165 Å². The van der Waals surface area contributed by atoms with Crippen LogP contribution in [-0.4, -0.2) is 82.6 Å². The van der Waals surface area contributed by atoms with Gasteiger partial charge >= 0.3 is 0 Å². The number of phenols is 1. The number of primary amides is 1. The average molecular weight is 568 g/mol. The molecule has 0 radical (unpaired) electrons. The molecule has 11 heteroatoms. The van der Waals surface area contributed by atoms with Crippen LogP contribution < -0.4 is 10.6 Å². The number of ketones is 2. The van der Waals surface area contributed by atoms with Crippen LogP contribution in [0.5, 0.6) is 5.75 Å². The predicted octanol–water partition coefficient (Wildman–Crippen LogP) is 2.35. The van der Waals surface area contributed by atoms with E-state index in [4.69, 9.17) is 17.3 Å². The number of carbonyl (C=O) groups is 3. The van der Waals surface area contributed by atoms with Crippen molar-refractivity contribution in [3.63, 3.8) is 0 Å². The Bertz CT molecular complexity index is 1560. The second-order valence-electron chi connectivity index (χ2n) is 11.0. The zero-order chi connectivity index (χ0) is 29.4. The zero-order valence-corrected chi connectivity index (χ0v) is 23.2. The predicted molar refractivity (Wildman–Crippen MR) is 149 cm³/mol. The normalized spacial score (nSPS) is 26.0. The zero-order valence-electron chi connectivity index (χ0n) is 22.4. The maximum Gasteiger partial charge on any atom is 0.255 e. The summed E-state index contributed by atoms with van der Waals surface area (Å²) < 4.78 is 0. The summed E-state index contributed by atoms with van der Waals surface area (Å²) in [6.07, 6.45) is 0.223. The van der Waals surface area contributed by atoms with Gasteiger partial charge in [0.05, 0.1) is 11.6 Å². The number of nitrogens with zero attached hydrogens (tertiary/aromatic N) is 2. The SMILES string of the molecule is CN(C)c1cc(-c2cccc(Cl)c2)c(O)c2c1C[C@H]1C[C@H]3[C@H](N(C)C)C(=O)C(C(N)=O)=C(O)[C@@]3(O)C(=O)C1=C2O. The molecule has 1 saturated carbocycles. The molecular formula is C29H30ClN3O7. The highest BCUT2D eigenvalue weighted by atomic mass is 35.5. The van der Waals surface area contributed by atoms with Crippen LogP contribution in [-0.2, 0) is 20.8 Å². The van der Waals surface area contributed by atoms with Crippen LogP contribution in [0.1, 0.15) is 17.5 Å². The molecule has 0 aromatic heterocycles. The minimum absolute atomic E-state index is 0.0233. The molecule has 4 atom stereocenters. The van der Waals surface area contributed by atoms with Crippen molar-refractivity contribution in [2.75, 3.05) is 33.1 Å². The van der Waals surface area contributed by atoms with Crippen LogP contribution >= 0.6 is 11.6 Å². The number of Topliss-reactive ketones (excluding diaryl/α,β-unsaturated/α-hetero) is 2. The molecule has 2 aromatic carbocycles. The van der Waals surface area contributed by atoms with Crippen LogP contribution in [0.3, 0.4) is 0 Å². The van der Waals surface area contributed by atoms with Crippen LogP contribution in [0.2, 0.25) is 5.02 Å². The first-order valence-corrected chi connectivity index (χ1v) is 13.1. The number of nitrogens with two attached hydrogens (primary N) is 1. The van der Waals surface area contributed by atoms with Gasteiger partial charge in [-0.05, 0) is 62.2 Å². The van der Waals surface area contributed by atoms with E-state index < -0.39 is 58.0 Å². The van der Waals surface area contributed by atoms with E-state index in [9.17, 15) is 34.8 Å². The number of benzene rings is 2. The number of amides is 1. The van der Waals surface area contributed by atoms with Gasteiger partial charge in [0.1, 0.15) is 22.8 Å². The van der Waals surface area contributed by atoms with Gasteiger partial charge in [-0.3, -0.25) is 19.3 Å². The monoisotopic (exact) mass is 567 g/mol. The lowest BCUT2D eigenvalue weighted by Crippen LogP contribution is -2.65. The molecule has 2 aromatic rings. The fourth-order valence-corrected chi connectivity index (χ4v) is 6.76. The first-order chi connectivity index (χ1) is 18.7. The Labute approximate surface area is 235 Å². The van der Waals surface area contributed by atoms with Gasteiger partial charge in [0.15, 0.2) is 11.4 Å². The van der Waals surface area contributed by atoms with Gasteiger partial charge in [0.25, 0.3) is 5.91 Å².